The van der Waals surface area contributed by atoms with E-state index >= 15 is 0 Å². The smallest absolute Gasteiger partial charge is 0.0758 e. The van der Waals surface area contributed by atoms with E-state index in [1.807, 2.05) is 12.3 Å². The van der Waals surface area contributed by atoms with Crippen molar-refractivity contribution >= 4 is 26.8 Å². The zero-order valence-corrected chi connectivity index (χ0v) is 12.7. The van der Waals surface area contributed by atoms with Crippen molar-refractivity contribution in [2.45, 2.75) is 19.9 Å². The summed E-state index contributed by atoms with van der Waals surface area (Å²) in [6.45, 7) is 4.11. The first-order valence-electron chi connectivity index (χ1n) is 6.56. The number of halogens is 1. The van der Waals surface area contributed by atoms with Gasteiger partial charge in [-0.25, -0.2) is 0 Å². The highest BCUT2D eigenvalue weighted by Crippen LogP contribution is 2.25. The molecule has 0 saturated carbocycles. The summed E-state index contributed by atoms with van der Waals surface area (Å²) in [6.07, 6.45) is 2.67. The summed E-state index contributed by atoms with van der Waals surface area (Å²) in [5, 5.41) is 13.5. The van der Waals surface area contributed by atoms with Gasteiger partial charge in [-0.2, -0.15) is 0 Å². The van der Waals surface area contributed by atoms with Crippen molar-refractivity contribution in [1.82, 2.24) is 10.3 Å². The van der Waals surface area contributed by atoms with Gasteiger partial charge in [0.2, 0.25) is 0 Å². The molecule has 1 aromatic carbocycles. The zero-order valence-electron chi connectivity index (χ0n) is 11.1. The fourth-order valence-corrected chi connectivity index (χ4v) is 2.57. The van der Waals surface area contributed by atoms with E-state index in [2.05, 4.69) is 51.4 Å². The van der Waals surface area contributed by atoms with Crippen molar-refractivity contribution in [2.75, 3.05) is 13.2 Å². The molecular weight excluding hydrogens is 304 g/mol. The number of fused-ring (bicyclic) bond motifs is 1. The van der Waals surface area contributed by atoms with Gasteiger partial charge in [-0.15, -0.1) is 0 Å². The highest BCUT2D eigenvalue weighted by molar-refractivity contribution is 9.10. The first-order chi connectivity index (χ1) is 9.22. The molecule has 0 radical (unpaired) electrons. The third-order valence-corrected chi connectivity index (χ3v) is 3.92. The van der Waals surface area contributed by atoms with Crippen molar-refractivity contribution in [1.29, 1.82) is 0 Å². The Labute approximate surface area is 122 Å². The van der Waals surface area contributed by atoms with Crippen LogP contribution in [0.5, 0.6) is 0 Å². The minimum atomic E-state index is 0.256. The second kappa shape index (κ2) is 6.98. The SMILES string of the molecule is CC(CCO)CNCc1ccc(Br)c2cccnc12. The van der Waals surface area contributed by atoms with Crippen LogP contribution in [0.15, 0.2) is 34.9 Å². The number of benzene rings is 1. The lowest BCUT2D eigenvalue weighted by molar-refractivity contribution is 0.260. The Bertz CT molecular complexity index is 545. The monoisotopic (exact) mass is 322 g/mol. The Morgan fingerprint density at radius 3 is 3.00 bits per heavy atom. The highest BCUT2D eigenvalue weighted by atomic mass is 79.9. The number of aromatic nitrogens is 1. The highest BCUT2D eigenvalue weighted by Gasteiger charge is 2.06. The van der Waals surface area contributed by atoms with Crippen molar-refractivity contribution in [3.63, 3.8) is 0 Å². The van der Waals surface area contributed by atoms with E-state index in [0.717, 1.165) is 34.9 Å². The maximum absolute atomic E-state index is 8.88. The summed E-state index contributed by atoms with van der Waals surface area (Å²) >= 11 is 3.55. The third kappa shape index (κ3) is 3.75. The van der Waals surface area contributed by atoms with Crippen LogP contribution in [-0.2, 0) is 6.54 Å². The van der Waals surface area contributed by atoms with Crippen LogP contribution in [-0.4, -0.2) is 23.2 Å². The predicted octanol–water partition coefficient (Wildman–Crippen LogP) is 3.11. The quantitative estimate of drug-likeness (QED) is 0.859. The normalized spacial score (nSPS) is 12.8. The molecule has 0 aliphatic heterocycles. The molecule has 4 heteroatoms. The summed E-state index contributed by atoms with van der Waals surface area (Å²) in [5.41, 5.74) is 2.24. The van der Waals surface area contributed by atoms with E-state index in [9.17, 15) is 0 Å². The molecule has 1 aromatic heterocycles. The van der Waals surface area contributed by atoms with Gasteiger partial charge in [0.05, 0.1) is 5.52 Å². The van der Waals surface area contributed by atoms with E-state index in [-0.39, 0.29) is 6.61 Å². The van der Waals surface area contributed by atoms with Gasteiger partial charge >= 0.3 is 0 Å². The molecule has 1 heterocycles. The van der Waals surface area contributed by atoms with Crippen LogP contribution >= 0.6 is 15.9 Å². The summed E-state index contributed by atoms with van der Waals surface area (Å²) < 4.78 is 1.08. The summed E-state index contributed by atoms with van der Waals surface area (Å²) in [5.74, 6) is 0.486. The number of nitrogens with one attached hydrogen (secondary N) is 1. The van der Waals surface area contributed by atoms with Crippen LogP contribution in [0, 0.1) is 5.92 Å². The topological polar surface area (TPSA) is 45.1 Å². The second-order valence-corrected chi connectivity index (χ2v) is 5.71. The fourth-order valence-electron chi connectivity index (χ4n) is 2.11. The molecule has 2 N–H and O–H groups in total. The Kier molecular flexibility index (Phi) is 5.31. The molecule has 1 unspecified atom stereocenters. The summed E-state index contributed by atoms with van der Waals surface area (Å²) in [6, 6.07) is 8.19. The number of nitrogens with zero attached hydrogens (tertiary/aromatic N) is 1. The molecule has 2 aromatic rings. The first kappa shape index (κ1) is 14.4. The number of hydrogen-bond donors (Lipinski definition) is 2. The van der Waals surface area contributed by atoms with Gasteiger partial charge < -0.3 is 10.4 Å². The van der Waals surface area contributed by atoms with Gasteiger partial charge in [0.25, 0.3) is 0 Å². The lowest BCUT2D eigenvalue weighted by Crippen LogP contribution is -2.21. The standard InChI is InChI=1S/C15H19BrN2O/c1-11(6-8-19)9-17-10-12-4-5-14(16)13-3-2-7-18-15(12)13/h2-5,7,11,17,19H,6,8-10H2,1H3. The number of hydrogen-bond acceptors (Lipinski definition) is 3. The van der Waals surface area contributed by atoms with Gasteiger partial charge in [0.15, 0.2) is 0 Å². The van der Waals surface area contributed by atoms with Gasteiger partial charge in [-0.3, -0.25) is 4.98 Å². The molecule has 0 bridgehead atoms. The molecule has 19 heavy (non-hydrogen) atoms. The van der Waals surface area contributed by atoms with E-state index < -0.39 is 0 Å². The zero-order chi connectivity index (χ0) is 13.7. The Balaban J connectivity index is 2.07. The lowest BCUT2D eigenvalue weighted by Gasteiger charge is -2.12. The van der Waals surface area contributed by atoms with Crippen LogP contribution in [0.4, 0.5) is 0 Å². The lowest BCUT2D eigenvalue weighted by atomic mass is 10.1. The molecule has 0 spiro atoms. The van der Waals surface area contributed by atoms with E-state index in [1.165, 1.54) is 5.56 Å². The van der Waals surface area contributed by atoms with Gasteiger partial charge in [-0.05, 0) is 36.6 Å². The summed E-state index contributed by atoms with van der Waals surface area (Å²) in [4.78, 5) is 4.47. The molecular formula is C15H19BrN2O. The number of rotatable bonds is 6. The van der Waals surface area contributed by atoms with Crippen molar-refractivity contribution in [2.24, 2.45) is 5.92 Å². The van der Waals surface area contributed by atoms with E-state index in [0.29, 0.717) is 5.92 Å². The Morgan fingerprint density at radius 2 is 2.21 bits per heavy atom. The average molecular weight is 323 g/mol. The minimum absolute atomic E-state index is 0.256. The molecule has 0 saturated heterocycles. The molecule has 0 aliphatic rings. The van der Waals surface area contributed by atoms with Crippen LogP contribution in [0.1, 0.15) is 18.9 Å². The summed E-state index contributed by atoms with van der Waals surface area (Å²) in [7, 11) is 0. The second-order valence-electron chi connectivity index (χ2n) is 4.85. The van der Waals surface area contributed by atoms with E-state index in [1.54, 1.807) is 0 Å². The van der Waals surface area contributed by atoms with Crippen molar-refractivity contribution in [3.05, 3.63) is 40.5 Å². The van der Waals surface area contributed by atoms with Crippen LogP contribution in [0.3, 0.4) is 0 Å². The molecule has 3 nitrogen and oxygen atoms in total. The largest absolute Gasteiger partial charge is 0.396 e. The molecule has 0 aliphatic carbocycles. The van der Waals surface area contributed by atoms with Gasteiger partial charge in [0.1, 0.15) is 0 Å². The maximum atomic E-state index is 8.88. The van der Waals surface area contributed by atoms with Crippen LogP contribution in [0.25, 0.3) is 10.9 Å². The molecule has 0 amide bonds. The van der Waals surface area contributed by atoms with Crippen molar-refractivity contribution < 1.29 is 5.11 Å². The van der Waals surface area contributed by atoms with Crippen LogP contribution < -0.4 is 5.32 Å². The fraction of sp³-hybridized carbons (Fsp3) is 0.400. The Morgan fingerprint density at radius 1 is 1.37 bits per heavy atom. The average Bonchev–Trinajstić information content (AvgIpc) is 2.42. The van der Waals surface area contributed by atoms with Crippen molar-refractivity contribution in [3.8, 4) is 0 Å². The van der Waals surface area contributed by atoms with E-state index in [4.69, 9.17) is 5.11 Å². The maximum Gasteiger partial charge on any atom is 0.0758 e. The number of pyridine rings is 1. The predicted molar refractivity (Wildman–Crippen MR) is 82.0 cm³/mol. The molecule has 102 valence electrons. The molecule has 0 fully saturated rings. The number of aliphatic hydroxyl groups is 1. The van der Waals surface area contributed by atoms with Gasteiger partial charge in [0, 0.05) is 29.2 Å². The minimum Gasteiger partial charge on any atom is -0.396 e. The molecule has 2 rings (SSSR count). The first-order valence-corrected chi connectivity index (χ1v) is 7.35. The van der Waals surface area contributed by atoms with Crippen LogP contribution in [0.2, 0.25) is 0 Å². The third-order valence-electron chi connectivity index (χ3n) is 3.23. The van der Waals surface area contributed by atoms with Gasteiger partial charge in [-0.1, -0.05) is 35.0 Å². The molecule has 1 atom stereocenters. The number of aliphatic hydroxyl groups excluding tert-OH is 1. The Hall–Kier alpha value is -0.970.